The molecule has 2 rings (SSSR count). The molecule has 0 radical (unpaired) electrons. The largest absolute Gasteiger partial charge is 0.492 e. The number of halogens is 1. The summed E-state index contributed by atoms with van der Waals surface area (Å²) >= 11 is 3.35. The van der Waals surface area contributed by atoms with Crippen LogP contribution in [0.4, 0.5) is 0 Å². The predicted molar refractivity (Wildman–Crippen MR) is 62.5 cm³/mol. The zero-order chi connectivity index (χ0) is 11.5. The Morgan fingerprint density at radius 2 is 2.44 bits per heavy atom. The van der Waals surface area contributed by atoms with Gasteiger partial charge in [0.25, 0.3) is 0 Å². The van der Waals surface area contributed by atoms with Crippen molar-refractivity contribution in [2.24, 2.45) is 0 Å². The van der Waals surface area contributed by atoms with Crippen LogP contribution >= 0.6 is 15.9 Å². The van der Waals surface area contributed by atoms with Gasteiger partial charge in [0.2, 0.25) is 0 Å². The van der Waals surface area contributed by atoms with Crippen molar-refractivity contribution in [1.29, 1.82) is 0 Å². The van der Waals surface area contributed by atoms with Gasteiger partial charge in [-0.05, 0) is 17.7 Å². The Labute approximate surface area is 102 Å². The first-order valence-electron chi connectivity index (χ1n) is 4.78. The van der Waals surface area contributed by atoms with E-state index in [1.807, 2.05) is 6.07 Å². The maximum Gasteiger partial charge on any atom is 0.342 e. The van der Waals surface area contributed by atoms with E-state index < -0.39 is 5.97 Å². The van der Waals surface area contributed by atoms with Gasteiger partial charge in [0.1, 0.15) is 11.3 Å². The Morgan fingerprint density at radius 1 is 1.62 bits per heavy atom. The quantitative estimate of drug-likeness (QED) is 0.615. The van der Waals surface area contributed by atoms with Crippen molar-refractivity contribution in [2.75, 3.05) is 13.2 Å². The summed E-state index contributed by atoms with van der Waals surface area (Å²) in [5.41, 5.74) is 1.44. The fourth-order valence-electron chi connectivity index (χ4n) is 1.61. The van der Waals surface area contributed by atoms with Crippen LogP contribution in [-0.2, 0) is 11.2 Å². The minimum Gasteiger partial charge on any atom is -0.492 e. The lowest BCUT2D eigenvalue weighted by Crippen LogP contribution is -2.07. The summed E-state index contributed by atoms with van der Waals surface area (Å²) in [7, 11) is 0. The second kappa shape index (κ2) is 4.58. The molecule has 0 bridgehead atoms. The number of terminal acetylenes is 1. The third kappa shape index (κ3) is 2.05. The third-order valence-electron chi connectivity index (χ3n) is 2.25. The lowest BCUT2D eigenvalue weighted by Gasteiger charge is -2.07. The third-order valence-corrected chi connectivity index (χ3v) is 2.71. The number of ether oxygens (including phenoxy) is 2. The lowest BCUT2D eigenvalue weighted by atomic mass is 10.1. The van der Waals surface area contributed by atoms with Crippen molar-refractivity contribution in [1.82, 2.24) is 0 Å². The molecular weight excluding hydrogens is 272 g/mol. The molecule has 3 nitrogen and oxygen atoms in total. The monoisotopic (exact) mass is 280 g/mol. The summed E-state index contributed by atoms with van der Waals surface area (Å²) in [5.74, 6) is 2.42. The van der Waals surface area contributed by atoms with Crippen LogP contribution in [0.15, 0.2) is 16.6 Å². The average Bonchev–Trinajstić information content (AvgIpc) is 2.72. The molecule has 1 aromatic carbocycles. The first-order chi connectivity index (χ1) is 7.72. The lowest BCUT2D eigenvalue weighted by molar-refractivity contribution is 0.0553. The fraction of sp³-hybridized carbons (Fsp3) is 0.250. The summed E-state index contributed by atoms with van der Waals surface area (Å²) in [6.45, 7) is 0.571. The molecule has 4 heteroatoms. The number of carbonyl (C=O) groups excluding carboxylic acids is 1. The average molecular weight is 281 g/mol. The molecule has 0 saturated heterocycles. The van der Waals surface area contributed by atoms with Gasteiger partial charge in [-0.3, -0.25) is 0 Å². The zero-order valence-corrected chi connectivity index (χ0v) is 10.0. The Balaban J connectivity index is 2.34. The molecule has 0 N–H and O–H groups in total. The molecule has 0 spiro atoms. The maximum atomic E-state index is 11.7. The Hall–Kier alpha value is -1.47. The van der Waals surface area contributed by atoms with Crippen LogP contribution in [-0.4, -0.2) is 19.2 Å². The summed E-state index contributed by atoms with van der Waals surface area (Å²) in [6.07, 6.45) is 5.84. The predicted octanol–water partition coefficient (Wildman–Crippen LogP) is 2.17. The molecule has 82 valence electrons. The van der Waals surface area contributed by atoms with Gasteiger partial charge in [0.15, 0.2) is 6.61 Å². The van der Waals surface area contributed by atoms with Crippen molar-refractivity contribution in [2.45, 2.75) is 6.42 Å². The summed E-state index contributed by atoms with van der Waals surface area (Å²) < 4.78 is 11.1. The van der Waals surface area contributed by atoms with Gasteiger partial charge in [-0.1, -0.05) is 21.9 Å². The molecule has 0 fully saturated rings. The van der Waals surface area contributed by atoms with Gasteiger partial charge in [0, 0.05) is 10.9 Å². The normalized spacial score (nSPS) is 12.5. The number of hydrogen-bond donors (Lipinski definition) is 0. The van der Waals surface area contributed by atoms with E-state index in [1.165, 1.54) is 0 Å². The second-order valence-corrected chi connectivity index (χ2v) is 4.24. The number of fused-ring (bicyclic) bond motifs is 1. The van der Waals surface area contributed by atoms with Gasteiger partial charge in [-0.2, -0.15) is 0 Å². The van der Waals surface area contributed by atoms with Gasteiger partial charge >= 0.3 is 5.97 Å². The van der Waals surface area contributed by atoms with Crippen molar-refractivity contribution in [3.8, 4) is 18.1 Å². The number of benzene rings is 1. The molecule has 0 aromatic heterocycles. The molecule has 1 heterocycles. The standard InChI is InChI=1S/C12H9BrO3/c1-2-4-16-12(14)10-7-9(13)6-8-3-5-15-11(8)10/h1,6-7H,3-5H2. The van der Waals surface area contributed by atoms with Crippen molar-refractivity contribution in [3.05, 3.63) is 27.7 Å². The number of hydrogen-bond acceptors (Lipinski definition) is 3. The first kappa shape index (κ1) is 11.0. The van der Waals surface area contributed by atoms with Crippen LogP contribution in [0, 0.1) is 12.3 Å². The summed E-state index contributed by atoms with van der Waals surface area (Å²) in [6, 6.07) is 3.63. The van der Waals surface area contributed by atoms with E-state index in [9.17, 15) is 4.79 Å². The highest BCUT2D eigenvalue weighted by molar-refractivity contribution is 9.10. The maximum absolute atomic E-state index is 11.7. The smallest absolute Gasteiger partial charge is 0.342 e. The van der Waals surface area contributed by atoms with Crippen LogP contribution in [0.2, 0.25) is 0 Å². The Morgan fingerprint density at radius 3 is 3.19 bits per heavy atom. The first-order valence-corrected chi connectivity index (χ1v) is 5.57. The van der Waals surface area contributed by atoms with Crippen LogP contribution in [0.5, 0.6) is 5.75 Å². The van der Waals surface area contributed by atoms with E-state index in [0.717, 1.165) is 16.5 Å². The molecule has 1 aliphatic rings. The van der Waals surface area contributed by atoms with Gasteiger partial charge < -0.3 is 9.47 Å². The zero-order valence-electron chi connectivity index (χ0n) is 8.46. The van der Waals surface area contributed by atoms with E-state index in [1.54, 1.807) is 6.07 Å². The SMILES string of the molecule is C#CCOC(=O)c1cc(Br)cc2c1OCC2. The highest BCUT2D eigenvalue weighted by atomic mass is 79.9. The van der Waals surface area contributed by atoms with Gasteiger partial charge in [-0.25, -0.2) is 4.79 Å². The van der Waals surface area contributed by atoms with Crippen molar-refractivity contribution >= 4 is 21.9 Å². The molecule has 0 atom stereocenters. The number of rotatable bonds is 2. The van der Waals surface area contributed by atoms with E-state index in [2.05, 4.69) is 21.9 Å². The molecule has 1 aromatic rings. The minimum atomic E-state index is -0.447. The van der Waals surface area contributed by atoms with E-state index in [4.69, 9.17) is 15.9 Å². The Bertz CT molecular complexity index is 474. The highest BCUT2D eigenvalue weighted by Gasteiger charge is 2.22. The minimum absolute atomic E-state index is 0.0277. The van der Waals surface area contributed by atoms with Crippen LogP contribution in [0.25, 0.3) is 0 Å². The van der Waals surface area contributed by atoms with Gasteiger partial charge in [-0.15, -0.1) is 6.42 Å². The molecular formula is C12H9BrO3. The molecule has 0 amide bonds. The topological polar surface area (TPSA) is 35.5 Å². The summed E-state index contributed by atoms with van der Waals surface area (Å²) in [5, 5.41) is 0. The van der Waals surface area contributed by atoms with Crippen molar-refractivity contribution in [3.63, 3.8) is 0 Å². The van der Waals surface area contributed by atoms with Gasteiger partial charge in [0.05, 0.1) is 6.61 Å². The number of carbonyl (C=O) groups is 1. The van der Waals surface area contributed by atoms with E-state index >= 15 is 0 Å². The van der Waals surface area contributed by atoms with Crippen LogP contribution < -0.4 is 4.74 Å². The van der Waals surface area contributed by atoms with E-state index in [0.29, 0.717) is 17.9 Å². The highest BCUT2D eigenvalue weighted by Crippen LogP contribution is 2.33. The molecule has 1 aliphatic heterocycles. The molecule has 0 unspecified atom stereocenters. The molecule has 0 saturated carbocycles. The molecule has 0 aliphatic carbocycles. The fourth-order valence-corrected chi connectivity index (χ4v) is 2.11. The van der Waals surface area contributed by atoms with Crippen LogP contribution in [0.3, 0.4) is 0 Å². The Kier molecular flexibility index (Phi) is 3.16. The molecule has 16 heavy (non-hydrogen) atoms. The van der Waals surface area contributed by atoms with Crippen molar-refractivity contribution < 1.29 is 14.3 Å². The second-order valence-electron chi connectivity index (χ2n) is 3.32. The summed E-state index contributed by atoms with van der Waals surface area (Å²) in [4.78, 5) is 11.7. The van der Waals surface area contributed by atoms with Crippen LogP contribution in [0.1, 0.15) is 15.9 Å². The number of esters is 1. The van der Waals surface area contributed by atoms with E-state index in [-0.39, 0.29) is 6.61 Å².